The molecule has 0 amide bonds. The molecular formula is C9H17FN2. The minimum atomic E-state index is 0.310. The Balaban J connectivity index is 1.97. The van der Waals surface area contributed by atoms with Gasteiger partial charge in [0, 0.05) is 25.0 Å². The molecule has 0 radical (unpaired) electrons. The Morgan fingerprint density at radius 2 is 2.00 bits per heavy atom. The quantitative estimate of drug-likeness (QED) is 0.550. The Bertz CT molecular complexity index is 174. The fraction of sp³-hybridized carbons (Fsp3) is 1.00. The lowest BCUT2D eigenvalue weighted by atomic mass is 9.87. The van der Waals surface area contributed by atoms with Crippen LogP contribution in [0.1, 0.15) is 19.8 Å². The highest BCUT2D eigenvalue weighted by Gasteiger charge is 2.43. The third-order valence-corrected chi connectivity index (χ3v) is 3.36. The molecule has 0 aromatic rings. The Hall–Kier alpha value is -0.150. The van der Waals surface area contributed by atoms with E-state index in [9.17, 15) is 4.48 Å². The van der Waals surface area contributed by atoms with Gasteiger partial charge in [-0.05, 0) is 25.9 Å². The number of rotatable bonds is 1. The monoisotopic (exact) mass is 172 g/mol. The van der Waals surface area contributed by atoms with Crippen molar-refractivity contribution in [3.63, 3.8) is 0 Å². The average Bonchev–Trinajstić information content (AvgIpc) is 2.61. The van der Waals surface area contributed by atoms with E-state index in [1.807, 2.05) is 0 Å². The Kier molecular flexibility index (Phi) is 2.09. The van der Waals surface area contributed by atoms with Crippen molar-refractivity contribution in [3.05, 3.63) is 0 Å². The van der Waals surface area contributed by atoms with E-state index in [1.165, 1.54) is 13.0 Å². The molecule has 0 aliphatic carbocycles. The van der Waals surface area contributed by atoms with Crippen molar-refractivity contribution in [1.29, 1.82) is 0 Å². The molecule has 1 unspecified atom stereocenters. The van der Waals surface area contributed by atoms with Gasteiger partial charge in [-0.1, -0.05) is 6.92 Å². The van der Waals surface area contributed by atoms with Gasteiger partial charge in [-0.3, -0.25) is 0 Å². The lowest BCUT2D eigenvalue weighted by Gasteiger charge is -2.22. The van der Waals surface area contributed by atoms with Gasteiger partial charge < -0.3 is 4.90 Å². The highest BCUT2D eigenvalue weighted by molar-refractivity contribution is 4.94. The van der Waals surface area contributed by atoms with E-state index in [2.05, 4.69) is 11.8 Å². The lowest BCUT2D eigenvalue weighted by Crippen LogP contribution is -2.28. The maximum atomic E-state index is 12.9. The van der Waals surface area contributed by atoms with Crippen LogP contribution in [0, 0.1) is 5.41 Å². The average molecular weight is 172 g/mol. The zero-order valence-corrected chi connectivity index (χ0v) is 7.72. The maximum absolute atomic E-state index is 12.9. The van der Waals surface area contributed by atoms with Crippen molar-refractivity contribution in [3.8, 4) is 0 Å². The normalized spacial score (nSPS) is 38.5. The van der Waals surface area contributed by atoms with Crippen LogP contribution < -0.4 is 0 Å². The maximum Gasteiger partial charge on any atom is 0.0360 e. The first-order chi connectivity index (χ1) is 5.74. The highest BCUT2D eigenvalue weighted by Crippen LogP contribution is 2.39. The molecule has 2 aliphatic rings. The fourth-order valence-electron chi connectivity index (χ4n) is 2.51. The minimum Gasteiger partial charge on any atom is -0.303 e. The second kappa shape index (κ2) is 2.96. The second-order valence-corrected chi connectivity index (χ2v) is 4.21. The van der Waals surface area contributed by atoms with Crippen LogP contribution in [-0.2, 0) is 0 Å². The van der Waals surface area contributed by atoms with E-state index >= 15 is 0 Å². The summed E-state index contributed by atoms with van der Waals surface area (Å²) in [4.78, 5) is 2.43. The van der Waals surface area contributed by atoms with E-state index < -0.39 is 0 Å². The molecule has 2 fully saturated rings. The molecule has 70 valence electrons. The molecule has 12 heavy (non-hydrogen) atoms. The number of hydrogen-bond acceptors (Lipinski definition) is 2. The minimum absolute atomic E-state index is 0.310. The number of nitrogens with zero attached hydrogens (tertiary/aromatic N) is 2. The van der Waals surface area contributed by atoms with Crippen molar-refractivity contribution in [1.82, 2.24) is 10.0 Å². The highest BCUT2D eigenvalue weighted by atomic mass is 19.2. The third-order valence-electron chi connectivity index (χ3n) is 3.36. The number of halogens is 1. The molecule has 2 saturated heterocycles. The molecule has 2 rings (SSSR count). The first kappa shape index (κ1) is 8.45. The van der Waals surface area contributed by atoms with Crippen molar-refractivity contribution in [2.45, 2.75) is 19.8 Å². The molecule has 0 aromatic carbocycles. The zero-order valence-electron chi connectivity index (χ0n) is 7.72. The van der Waals surface area contributed by atoms with Crippen LogP contribution in [0.2, 0.25) is 0 Å². The fourth-order valence-corrected chi connectivity index (χ4v) is 2.51. The van der Waals surface area contributed by atoms with Crippen LogP contribution >= 0.6 is 0 Å². The first-order valence-electron chi connectivity index (χ1n) is 4.87. The summed E-state index contributed by atoms with van der Waals surface area (Å²) in [5.74, 6) is 0. The van der Waals surface area contributed by atoms with Gasteiger partial charge in [-0.2, -0.15) is 0 Å². The van der Waals surface area contributed by atoms with Crippen LogP contribution in [0.4, 0.5) is 4.48 Å². The van der Waals surface area contributed by atoms with E-state index in [0.29, 0.717) is 18.5 Å². The summed E-state index contributed by atoms with van der Waals surface area (Å²) in [6.07, 6.45) is 2.25. The molecule has 1 atom stereocenters. The summed E-state index contributed by atoms with van der Waals surface area (Å²) in [7, 11) is 0. The molecule has 3 heteroatoms. The molecule has 1 spiro atoms. The summed E-state index contributed by atoms with van der Waals surface area (Å²) < 4.78 is 12.9. The van der Waals surface area contributed by atoms with Crippen LogP contribution in [-0.4, -0.2) is 42.7 Å². The molecule has 0 bridgehead atoms. The summed E-state index contributed by atoms with van der Waals surface area (Å²) in [5, 5.41) is 0.985. The summed E-state index contributed by atoms with van der Waals surface area (Å²) >= 11 is 0. The molecule has 0 aromatic heterocycles. The Morgan fingerprint density at radius 1 is 1.25 bits per heavy atom. The predicted molar refractivity (Wildman–Crippen MR) is 46.5 cm³/mol. The summed E-state index contributed by atoms with van der Waals surface area (Å²) in [6, 6.07) is 0. The second-order valence-electron chi connectivity index (χ2n) is 4.21. The van der Waals surface area contributed by atoms with Gasteiger partial charge in [0.2, 0.25) is 0 Å². The largest absolute Gasteiger partial charge is 0.303 e. The third kappa shape index (κ3) is 1.36. The molecule has 2 heterocycles. The molecule has 0 N–H and O–H groups in total. The zero-order chi connectivity index (χ0) is 8.60. The lowest BCUT2D eigenvalue weighted by molar-refractivity contribution is 0.0418. The Morgan fingerprint density at radius 3 is 2.50 bits per heavy atom. The first-order valence-corrected chi connectivity index (χ1v) is 4.87. The number of hydrogen-bond donors (Lipinski definition) is 0. The van der Waals surface area contributed by atoms with Crippen LogP contribution in [0.25, 0.3) is 0 Å². The summed E-state index contributed by atoms with van der Waals surface area (Å²) in [6.45, 7) is 6.91. The Labute approximate surface area is 73.3 Å². The van der Waals surface area contributed by atoms with E-state index in [-0.39, 0.29) is 0 Å². The van der Waals surface area contributed by atoms with Crippen molar-refractivity contribution in [2.75, 3.05) is 32.7 Å². The van der Waals surface area contributed by atoms with E-state index in [4.69, 9.17) is 0 Å². The van der Waals surface area contributed by atoms with Crippen LogP contribution in [0.5, 0.6) is 0 Å². The van der Waals surface area contributed by atoms with Crippen molar-refractivity contribution in [2.24, 2.45) is 5.41 Å². The van der Waals surface area contributed by atoms with E-state index in [1.54, 1.807) is 0 Å². The van der Waals surface area contributed by atoms with Gasteiger partial charge in [0.15, 0.2) is 0 Å². The van der Waals surface area contributed by atoms with Gasteiger partial charge in [0.25, 0.3) is 0 Å². The van der Waals surface area contributed by atoms with Crippen molar-refractivity contribution < 1.29 is 4.48 Å². The van der Waals surface area contributed by atoms with Gasteiger partial charge in [0.1, 0.15) is 0 Å². The molecule has 2 aliphatic heterocycles. The van der Waals surface area contributed by atoms with Gasteiger partial charge in [-0.25, -0.2) is 0 Å². The molecular weight excluding hydrogens is 155 g/mol. The molecule has 0 saturated carbocycles. The topological polar surface area (TPSA) is 6.48 Å². The SMILES string of the molecule is CCN1CCC2(CCN(F)C2)C1. The van der Waals surface area contributed by atoms with Crippen molar-refractivity contribution >= 4 is 0 Å². The van der Waals surface area contributed by atoms with Gasteiger partial charge in [0.05, 0.1) is 0 Å². The predicted octanol–water partition coefficient (Wildman–Crippen LogP) is 1.29. The number of likely N-dealkylation sites (tertiary alicyclic amines) is 1. The van der Waals surface area contributed by atoms with Gasteiger partial charge >= 0.3 is 0 Å². The summed E-state index contributed by atoms with van der Waals surface area (Å²) in [5.41, 5.74) is 0.310. The van der Waals surface area contributed by atoms with Crippen LogP contribution in [0.3, 0.4) is 0 Å². The van der Waals surface area contributed by atoms with Crippen LogP contribution in [0.15, 0.2) is 0 Å². The van der Waals surface area contributed by atoms with Gasteiger partial charge in [-0.15, -0.1) is 9.60 Å². The molecule has 2 nitrogen and oxygen atoms in total. The standard InChI is InChI=1S/C9H17FN2/c1-2-11-5-3-9(7-11)4-6-12(10)8-9/h2-8H2,1H3. The smallest absolute Gasteiger partial charge is 0.0360 e. The van der Waals surface area contributed by atoms with E-state index in [0.717, 1.165) is 24.6 Å².